The van der Waals surface area contributed by atoms with Gasteiger partial charge in [0, 0.05) is 29.9 Å². The number of fused-ring (bicyclic) bond motifs is 1. The molecular formula is C15H14F3N3OS. The van der Waals surface area contributed by atoms with E-state index in [1.165, 1.54) is 28.9 Å². The molecule has 0 saturated carbocycles. The third kappa shape index (κ3) is 3.08. The van der Waals surface area contributed by atoms with E-state index in [9.17, 15) is 18.0 Å². The lowest BCUT2D eigenvalue weighted by Crippen LogP contribution is -2.35. The normalized spacial score (nSPS) is 14.7. The van der Waals surface area contributed by atoms with Crippen LogP contribution in [0.5, 0.6) is 0 Å². The fraction of sp³-hybridized carbons (Fsp3) is 0.333. The zero-order valence-electron chi connectivity index (χ0n) is 12.3. The van der Waals surface area contributed by atoms with E-state index in [4.69, 9.17) is 0 Å². The maximum Gasteiger partial charge on any atom is 0.416 e. The van der Waals surface area contributed by atoms with Crippen LogP contribution in [-0.2, 0) is 12.7 Å². The largest absolute Gasteiger partial charge is 0.416 e. The quantitative estimate of drug-likeness (QED) is 0.836. The molecule has 0 aliphatic carbocycles. The number of alkyl halides is 3. The highest BCUT2D eigenvalue weighted by atomic mass is 32.2. The third-order valence-electron chi connectivity index (χ3n) is 3.60. The van der Waals surface area contributed by atoms with E-state index in [1.807, 2.05) is 6.92 Å². The van der Waals surface area contributed by atoms with Gasteiger partial charge < -0.3 is 4.90 Å². The second-order valence-electron chi connectivity index (χ2n) is 5.07. The molecule has 1 aliphatic heterocycles. The number of anilines is 1. The van der Waals surface area contributed by atoms with Crippen LogP contribution in [0.2, 0.25) is 0 Å². The SMILES string of the molecule is CCn1cc(C(=O)N2CCSc3ccc(C(F)(F)F)cc32)cn1. The number of rotatable bonds is 2. The van der Waals surface area contributed by atoms with Gasteiger partial charge in [0.05, 0.1) is 23.0 Å². The lowest BCUT2D eigenvalue weighted by atomic mass is 10.1. The van der Waals surface area contributed by atoms with Crippen LogP contribution >= 0.6 is 11.8 Å². The number of hydrogen-bond donors (Lipinski definition) is 0. The van der Waals surface area contributed by atoms with Gasteiger partial charge in [0.25, 0.3) is 5.91 Å². The van der Waals surface area contributed by atoms with E-state index in [0.717, 1.165) is 12.1 Å². The molecule has 2 aromatic rings. The van der Waals surface area contributed by atoms with E-state index >= 15 is 0 Å². The van der Waals surface area contributed by atoms with Crippen LogP contribution in [-0.4, -0.2) is 28.0 Å². The van der Waals surface area contributed by atoms with Crippen molar-refractivity contribution in [3.8, 4) is 0 Å². The number of hydrogen-bond acceptors (Lipinski definition) is 3. The lowest BCUT2D eigenvalue weighted by molar-refractivity contribution is -0.137. The summed E-state index contributed by atoms with van der Waals surface area (Å²) in [6, 6.07) is 3.52. The molecule has 8 heteroatoms. The Balaban J connectivity index is 1.98. The average molecular weight is 341 g/mol. The predicted molar refractivity (Wildman–Crippen MR) is 81.7 cm³/mol. The van der Waals surface area contributed by atoms with Gasteiger partial charge in [-0.25, -0.2) is 0 Å². The van der Waals surface area contributed by atoms with Gasteiger partial charge in [-0.1, -0.05) is 0 Å². The van der Waals surface area contributed by atoms with Crippen molar-refractivity contribution in [2.45, 2.75) is 24.5 Å². The highest BCUT2D eigenvalue weighted by Crippen LogP contribution is 2.40. The predicted octanol–water partition coefficient (Wildman–Crippen LogP) is 3.67. The van der Waals surface area contributed by atoms with E-state index in [2.05, 4.69) is 5.10 Å². The lowest BCUT2D eigenvalue weighted by Gasteiger charge is -2.29. The van der Waals surface area contributed by atoms with E-state index in [-0.39, 0.29) is 5.91 Å². The van der Waals surface area contributed by atoms with Gasteiger partial charge >= 0.3 is 6.18 Å². The monoisotopic (exact) mass is 341 g/mol. The van der Waals surface area contributed by atoms with E-state index < -0.39 is 11.7 Å². The highest BCUT2D eigenvalue weighted by Gasteiger charge is 2.33. The van der Waals surface area contributed by atoms with Crippen molar-refractivity contribution < 1.29 is 18.0 Å². The van der Waals surface area contributed by atoms with Crippen LogP contribution in [0.25, 0.3) is 0 Å². The zero-order chi connectivity index (χ0) is 16.6. The Morgan fingerprint density at radius 1 is 1.39 bits per heavy atom. The topological polar surface area (TPSA) is 38.1 Å². The first kappa shape index (κ1) is 15.9. The molecule has 1 aromatic heterocycles. The summed E-state index contributed by atoms with van der Waals surface area (Å²) in [4.78, 5) is 14.7. The number of amides is 1. The summed E-state index contributed by atoms with van der Waals surface area (Å²) in [6.45, 7) is 2.89. The fourth-order valence-corrected chi connectivity index (χ4v) is 3.38. The number of aryl methyl sites for hydroxylation is 1. The Morgan fingerprint density at radius 2 is 2.17 bits per heavy atom. The molecule has 0 atom stereocenters. The number of aromatic nitrogens is 2. The maximum absolute atomic E-state index is 12.9. The molecule has 0 N–H and O–H groups in total. The van der Waals surface area contributed by atoms with Crippen molar-refractivity contribution in [3.05, 3.63) is 41.7 Å². The molecule has 122 valence electrons. The highest BCUT2D eigenvalue weighted by molar-refractivity contribution is 7.99. The summed E-state index contributed by atoms with van der Waals surface area (Å²) in [5, 5.41) is 4.05. The zero-order valence-corrected chi connectivity index (χ0v) is 13.1. The number of halogens is 3. The molecule has 1 aliphatic rings. The molecule has 0 bridgehead atoms. The van der Waals surface area contributed by atoms with Gasteiger partial charge in [-0.05, 0) is 25.1 Å². The summed E-state index contributed by atoms with van der Waals surface area (Å²) in [7, 11) is 0. The minimum atomic E-state index is -4.43. The molecular weight excluding hydrogens is 327 g/mol. The number of carbonyl (C=O) groups is 1. The van der Waals surface area contributed by atoms with Crippen molar-refractivity contribution in [1.82, 2.24) is 9.78 Å². The van der Waals surface area contributed by atoms with E-state index in [1.54, 1.807) is 10.9 Å². The van der Waals surface area contributed by atoms with Gasteiger partial charge in [-0.2, -0.15) is 18.3 Å². The van der Waals surface area contributed by atoms with Crippen LogP contribution < -0.4 is 4.90 Å². The van der Waals surface area contributed by atoms with Crippen LogP contribution in [0.3, 0.4) is 0 Å². The molecule has 0 saturated heterocycles. The van der Waals surface area contributed by atoms with Crippen molar-refractivity contribution in [1.29, 1.82) is 0 Å². The Bertz CT molecular complexity index is 742. The van der Waals surface area contributed by atoms with Crippen molar-refractivity contribution >= 4 is 23.4 Å². The summed E-state index contributed by atoms with van der Waals surface area (Å²) in [5.41, 5.74) is -0.0618. The smallest absolute Gasteiger partial charge is 0.306 e. The van der Waals surface area contributed by atoms with E-state index in [0.29, 0.717) is 35.0 Å². The summed E-state index contributed by atoms with van der Waals surface area (Å²) in [6.07, 6.45) is -1.38. The molecule has 23 heavy (non-hydrogen) atoms. The van der Waals surface area contributed by atoms with Gasteiger partial charge in [0.15, 0.2) is 0 Å². The molecule has 3 rings (SSSR count). The first-order valence-corrected chi connectivity index (χ1v) is 8.07. The average Bonchev–Trinajstić information content (AvgIpc) is 3.01. The molecule has 0 radical (unpaired) electrons. The van der Waals surface area contributed by atoms with Crippen molar-refractivity contribution in [2.75, 3.05) is 17.2 Å². The van der Waals surface area contributed by atoms with Crippen LogP contribution in [0, 0.1) is 0 Å². The Hall–Kier alpha value is -1.96. The third-order valence-corrected chi connectivity index (χ3v) is 4.64. The van der Waals surface area contributed by atoms with Crippen molar-refractivity contribution in [2.24, 2.45) is 0 Å². The van der Waals surface area contributed by atoms with Crippen LogP contribution in [0.4, 0.5) is 18.9 Å². The second-order valence-corrected chi connectivity index (χ2v) is 6.21. The van der Waals surface area contributed by atoms with Gasteiger partial charge in [0.2, 0.25) is 0 Å². The molecule has 0 spiro atoms. The Morgan fingerprint density at radius 3 is 2.83 bits per heavy atom. The van der Waals surface area contributed by atoms with Crippen LogP contribution in [0.15, 0.2) is 35.5 Å². The summed E-state index contributed by atoms with van der Waals surface area (Å²) >= 11 is 1.45. The minimum absolute atomic E-state index is 0.310. The second kappa shape index (κ2) is 5.92. The Kier molecular flexibility index (Phi) is 4.09. The standard InChI is InChI=1S/C15H14F3N3OS/c1-2-20-9-10(8-19-20)14(22)21-5-6-23-13-4-3-11(7-12(13)21)15(16,17)18/h3-4,7-9H,2,5-6H2,1H3. The molecule has 1 amide bonds. The summed E-state index contributed by atoms with van der Waals surface area (Å²) < 4.78 is 40.4. The van der Waals surface area contributed by atoms with Crippen molar-refractivity contribution in [3.63, 3.8) is 0 Å². The first-order valence-electron chi connectivity index (χ1n) is 7.08. The minimum Gasteiger partial charge on any atom is -0.306 e. The number of thioether (sulfide) groups is 1. The molecule has 2 heterocycles. The summed E-state index contributed by atoms with van der Waals surface area (Å²) in [5.74, 6) is 0.317. The fourth-order valence-electron chi connectivity index (χ4n) is 2.41. The molecule has 0 fully saturated rings. The van der Waals surface area contributed by atoms with Gasteiger partial charge in [0.1, 0.15) is 0 Å². The number of nitrogens with zero attached hydrogens (tertiary/aromatic N) is 3. The molecule has 1 aromatic carbocycles. The maximum atomic E-state index is 12.9. The molecule has 4 nitrogen and oxygen atoms in total. The Labute approximate surface area is 135 Å². The number of benzene rings is 1. The first-order chi connectivity index (χ1) is 10.9. The molecule has 0 unspecified atom stereocenters. The number of carbonyl (C=O) groups excluding carboxylic acids is 1. The van der Waals surface area contributed by atoms with Crippen LogP contribution in [0.1, 0.15) is 22.8 Å². The van der Waals surface area contributed by atoms with Gasteiger partial charge in [-0.15, -0.1) is 11.8 Å². The van der Waals surface area contributed by atoms with Gasteiger partial charge in [-0.3, -0.25) is 9.48 Å².